The number of benzene rings is 3. The Morgan fingerprint density at radius 3 is 2.56 bits per heavy atom. The fraction of sp³-hybridized carbons (Fsp3) is 0.257. The topological polar surface area (TPSA) is 125 Å². The highest BCUT2D eigenvalue weighted by atomic mass is 19.4. The molecule has 0 unspecified atom stereocenters. The molecule has 0 aliphatic carbocycles. The number of nitrogens with one attached hydrogen (secondary N) is 1. The highest BCUT2D eigenvalue weighted by Crippen LogP contribution is 2.45. The number of nitrogens with two attached hydrogens (primary N) is 1. The lowest BCUT2D eigenvalue weighted by Crippen LogP contribution is -2.38. The number of nitrogens with zero attached hydrogens (tertiary/aromatic N) is 4. The van der Waals surface area contributed by atoms with Gasteiger partial charge in [-0.1, -0.05) is 12.1 Å². The van der Waals surface area contributed by atoms with Crippen LogP contribution in [0.5, 0.6) is 11.6 Å². The predicted molar refractivity (Wildman–Crippen MR) is 176 cm³/mol. The average molecular weight is 659 g/mol. The van der Waals surface area contributed by atoms with Gasteiger partial charge in [-0.25, -0.2) is 15.0 Å². The Morgan fingerprint density at radius 2 is 1.83 bits per heavy atom. The van der Waals surface area contributed by atoms with Crippen LogP contribution in [-0.2, 0) is 10.9 Å². The van der Waals surface area contributed by atoms with Crippen LogP contribution in [0.2, 0.25) is 0 Å². The van der Waals surface area contributed by atoms with Crippen LogP contribution < -0.4 is 20.5 Å². The average Bonchev–Trinajstić information content (AvgIpc) is 3.09. The van der Waals surface area contributed by atoms with Crippen molar-refractivity contribution in [3.05, 3.63) is 89.7 Å². The maximum absolute atomic E-state index is 13.3. The summed E-state index contributed by atoms with van der Waals surface area (Å²) in [5.74, 6) is 0.364. The summed E-state index contributed by atoms with van der Waals surface area (Å²) >= 11 is 0. The fourth-order valence-electron chi connectivity index (χ4n) is 5.60. The Balaban J connectivity index is 1.34. The number of aromatic nitrogens is 3. The molecule has 3 heterocycles. The Hall–Kier alpha value is -5.27. The Bertz CT molecular complexity index is 1950. The summed E-state index contributed by atoms with van der Waals surface area (Å²) in [7, 11) is 1.55. The van der Waals surface area contributed by atoms with Gasteiger partial charge >= 0.3 is 6.18 Å². The number of carbonyl (C=O) groups is 1. The van der Waals surface area contributed by atoms with Gasteiger partial charge < -0.3 is 25.3 Å². The number of amides is 1. The summed E-state index contributed by atoms with van der Waals surface area (Å²) in [5.41, 5.74) is 9.50. The summed E-state index contributed by atoms with van der Waals surface area (Å²) in [6.07, 6.45) is -1.27. The van der Waals surface area contributed by atoms with Crippen molar-refractivity contribution >= 4 is 28.4 Å². The maximum atomic E-state index is 13.3. The van der Waals surface area contributed by atoms with Crippen molar-refractivity contribution in [1.29, 1.82) is 0 Å². The summed E-state index contributed by atoms with van der Waals surface area (Å²) < 4.78 is 57.1. The van der Waals surface area contributed by atoms with Gasteiger partial charge in [-0.05, 0) is 60.5 Å². The van der Waals surface area contributed by atoms with Gasteiger partial charge in [0.1, 0.15) is 12.4 Å². The number of halogens is 3. The number of hydrogen-bond donors (Lipinski definition) is 2. The molecule has 3 N–H and O–H groups in total. The third-order valence-electron chi connectivity index (χ3n) is 8.07. The van der Waals surface area contributed by atoms with Crippen LogP contribution >= 0.6 is 0 Å². The van der Waals surface area contributed by atoms with Gasteiger partial charge in [-0.3, -0.25) is 9.69 Å². The number of ether oxygens (including phenoxy) is 3. The smallest absolute Gasteiger partial charge is 0.416 e. The summed E-state index contributed by atoms with van der Waals surface area (Å²) in [6, 6.07) is 15.0. The van der Waals surface area contributed by atoms with E-state index in [1.54, 1.807) is 37.7 Å². The molecular formula is C35H33F3N6O4. The molecule has 5 aromatic rings. The second-order valence-electron chi connectivity index (χ2n) is 11.2. The number of fused-ring (bicyclic) bond motifs is 1. The molecule has 248 valence electrons. The number of methoxy groups -OCH3 is 1. The lowest BCUT2D eigenvalue weighted by molar-refractivity contribution is -0.137. The van der Waals surface area contributed by atoms with Gasteiger partial charge in [0.2, 0.25) is 11.8 Å². The molecule has 10 nitrogen and oxygen atoms in total. The SMILES string of the molecule is COc1c(-c2cc(NC(=O)c3cccc(C(F)(F)F)c3)ccc2C)cc2cnc(N)nc2c1-c1ccc(OCCN2CCOCC2)nc1. The number of rotatable bonds is 9. The number of pyridine rings is 1. The van der Waals surface area contributed by atoms with Crippen LogP contribution in [-0.4, -0.2) is 72.3 Å². The first-order chi connectivity index (χ1) is 23.1. The zero-order valence-corrected chi connectivity index (χ0v) is 26.3. The molecule has 2 aromatic heterocycles. The van der Waals surface area contributed by atoms with Crippen LogP contribution in [0.15, 0.2) is 73.1 Å². The normalized spacial score (nSPS) is 13.8. The minimum Gasteiger partial charge on any atom is -0.495 e. The van der Waals surface area contributed by atoms with E-state index in [4.69, 9.17) is 19.9 Å². The minimum absolute atomic E-state index is 0.0880. The second-order valence-corrected chi connectivity index (χ2v) is 11.2. The van der Waals surface area contributed by atoms with Crippen molar-refractivity contribution in [1.82, 2.24) is 19.9 Å². The van der Waals surface area contributed by atoms with Crippen molar-refractivity contribution in [2.24, 2.45) is 0 Å². The van der Waals surface area contributed by atoms with E-state index in [0.29, 0.717) is 70.3 Å². The van der Waals surface area contributed by atoms with Gasteiger partial charge in [0.15, 0.2) is 0 Å². The van der Waals surface area contributed by atoms with E-state index in [2.05, 4.69) is 25.2 Å². The number of nitrogen functional groups attached to an aromatic ring is 1. The molecule has 1 saturated heterocycles. The van der Waals surface area contributed by atoms with Gasteiger partial charge in [0, 0.05) is 65.9 Å². The molecule has 0 atom stereocenters. The van der Waals surface area contributed by atoms with Crippen LogP contribution in [0, 0.1) is 6.92 Å². The summed E-state index contributed by atoms with van der Waals surface area (Å²) in [4.78, 5) is 28.6. The largest absolute Gasteiger partial charge is 0.495 e. The second kappa shape index (κ2) is 13.8. The molecule has 0 radical (unpaired) electrons. The molecule has 6 rings (SSSR count). The van der Waals surface area contributed by atoms with Gasteiger partial charge in [0.25, 0.3) is 5.91 Å². The molecule has 0 bridgehead atoms. The highest BCUT2D eigenvalue weighted by Gasteiger charge is 2.31. The third kappa shape index (κ3) is 7.16. The first-order valence-corrected chi connectivity index (χ1v) is 15.2. The lowest BCUT2D eigenvalue weighted by atomic mass is 9.92. The van der Waals surface area contributed by atoms with Crippen molar-refractivity contribution in [3.63, 3.8) is 0 Å². The van der Waals surface area contributed by atoms with E-state index in [1.807, 2.05) is 25.1 Å². The Labute approximate surface area is 274 Å². The van der Waals surface area contributed by atoms with E-state index >= 15 is 0 Å². The van der Waals surface area contributed by atoms with Crippen molar-refractivity contribution in [3.8, 4) is 33.9 Å². The van der Waals surface area contributed by atoms with E-state index in [-0.39, 0.29) is 11.5 Å². The molecule has 3 aromatic carbocycles. The molecular weight excluding hydrogens is 625 g/mol. The minimum atomic E-state index is -4.57. The Morgan fingerprint density at radius 1 is 1.02 bits per heavy atom. The van der Waals surface area contributed by atoms with Crippen LogP contribution in [0.25, 0.3) is 33.2 Å². The van der Waals surface area contributed by atoms with E-state index in [0.717, 1.165) is 37.3 Å². The van der Waals surface area contributed by atoms with Gasteiger partial charge in [-0.15, -0.1) is 0 Å². The molecule has 1 fully saturated rings. The van der Waals surface area contributed by atoms with Crippen molar-refractivity contribution < 1.29 is 32.2 Å². The number of carbonyl (C=O) groups excluding carboxylic acids is 1. The highest BCUT2D eigenvalue weighted by molar-refractivity contribution is 6.06. The maximum Gasteiger partial charge on any atom is 0.416 e. The molecule has 1 aliphatic heterocycles. The number of aryl methyl sites for hydroxylation is 1. The zero-order chi connectivity index (χ0) is 33.8. The Kier molecular flexibility index (Phi) is 9.42. The number of alkyl halides is 3. The molecule has 48 heavy (non-hydrogen) atoms. The molecule has 0 spiro atoms. The standard InChI is InChI=1S/C35H33F3N6O4/c1-21-6-8-26(42-33(45)22-4-3-5-25(16-22)35(36,37)38)18-27(21)28-17-24-20-41-34(39)43-31(24)30(32(28)46-2)23-7-9-29(40-19-23)48-15-12-44-10-13-47-14-11-44/h3-9,16-20H,10-15H2,1-2H3,(H,42,45)(H2,39,41,43). The monoisotopic (exact) mass is 658 g/mol. The quantitative estimate of drug-likeness (QED) is 0.189. The molecule has 0 saturated carbocycles. The predicted octanol–water partition coefficient (Wildman–Crippen LogP) is 6.24. The molecule has 1 amide bonds. The zero-order valence-electron chi connectivity index (χ0n) is 26.3. The van der Waals surface area contributed by atoms with Crippen molar-refractivity contribution in [2.45, 2.75) is 13.1 Å². The number of morpholine rings is 1. The summed E-state index contributed by atoms with van der Waals surface area (Å²) in [6.45, 7) is 6.33. The van der Waals surface area contributed by atoms with E-state index < -0.39 is 17.6 Å². The van der Waals surface area contributed by atoms with Gasteiger partial charge in [0.05, 0.1) is 37.0 Å². The molecule has 13 heteroatoms. The third-order valence-corrected chi connectivity index (χ3v) is 8.07. The fourth-order valence-corrected chi connectivity index (χ4v) is 5.60. The van der Waals surface area contributed by atoms with Crippen LogP contribution in [0.1, 0.15) is 21.5 Å². The van der Waals surface area contributed by atoms with Crippen molar-refractivity contribution in [2.75, 3.05) is 57.6 Å². The van der Waals surface area contributed by atoms with E-state index in [1.165, 1.54) is 12.1 Å². The number of hydrogen-bond acceptors (Lipinski definition) is 9. The molecule has 1 aliphatic rings. The van der Waals surface area contributed by atoms with Gasteiger partial charge in [-0.2, -0.15) is 13.2 Å². The lowest BCUT2D eigenvalue weighted by Gasteiger charge is -2.26. The first kappa shape index (κ1) is 32.7. The van der Waals surface area contributed by atoms with Crippen LogP contribution in [0.3, 0.4) is 0 Å². The number of anilines is 2. The summed E-state index contributed by atoms with van der Waals surface area (Å²) in [5, 5.41) is 3.40. The van der Waals surface area contributed by atoms with E-state index in [9.17, 15) is 18.0 Å². The van der Waals surface area contributed by atoms with Crippen LogP contribution in [0.4, 0.5) is 24.8 Å². The first-order valence-electron chi connectivity index (χ1n) is 15.2.